The SMILES string of the molecule is Cc1ccc(CN=C(NCCn2cc([N+](=O)[O-])cn2)Nc2ccccc2)cc1. The maximum Gasteiger partial charge on any atom is 0.306 e. The quantitative estimate of drug-likeness (QED) is 0.284. The van der Waals surface area contributed by atoms with Crippen LogP contribution in [-0.2, 0) is 13.1 Å². The van der Waals surface area contributed by atoms with Gasteiger partial charge in [0.2, 0.25) is 0 Å². The average Bonchev–Trinajstić information content (AvgIpc) is 3.17. The van der Waals surface area contributed by atoms with Crippen LogP contribution in [0.2, 0.25) is 0 Å². The molecule has 2 aromatic carbocycles. The van der Waals surface area contributed by atoms with Crippen molar-refractivity contribution in [2.75, 3.05) is 11.9 Å². The maximum absolute atomic E-state index is 10.7. The molecule has 144 valence electrons. The minimum Gasteiger partial charge on any atom is -0.354 e. The van der Waals surface area contributed by atoms with Crippen LogP contribution >= 0.6 is 0 Å². The first-order valence-corrected chi connectivity index (χ1v) is 8.93. The highest BCUT2D eigenvalue weighted by Gasteiger charge is 2.08. The van der Waals surface area contributed by atoms with Crippen LogP contribution in [0.1, 0.15) is 11.1 Å². The number of anilines is 1. The van der Waals surface area contributed by atoms with Gasteiger partial charge < -0.3 is 10.6 Å². The number of nitrogens with one attached hydrogen (secondary N) is 2. The Morgan fingerprint density at radius 3 is 2.61 bits per heavy atom. The topological polar surface area (TPSA) is 97.4 Å². The van der Waals surface area contributed by atoms with Crippen molar-refractivity contribution < 1.29 is 4.92 Å². The van der Waals surface area contributed by atoms with E-state index in [0.717, 1.165) is 11.3 Å². The number of benzene rings is 2. The Hall–Kier alpha value is -3.68. The van der Waals surface area contributed by atoms with Crippen LogP contribution in [0.3, 0.4) is 0 Å². The van der Waals surface area contributed by atoms with Gasteiger partial charge in [0.1, 0.15) is 12.4 Å². The van der Waals surface area contributed by atoms with Crippen molar-refractivity contribution >= 4 is 17.3 Å². The van der Waals surface area contributed by atoms with Gasteiger partial charge in [0.05, 0.1) is 18.0 Å². The van der Waals surface area contributed by atoms with Crippen molar-refractivity contribution in [1.29, 1.82) is 0 Å². The molecule has 1 aromatic heterocycles. The molecule has 0 fully saturated rings. The second-order valence-corrected chi connectivity index (χ2v) is 6.29. The number of hydrogen-bond acceptors (Lipinski definition) is 4. The fourth-order valence-electron chi connectivity index (χ4n) is 2.52. The lowest BCUT2D eigenvalue weighted by Gasteiger charge is -2.13. The summed E-state index contributed by atoms with van der Waals surface area (Å²) in [7, 11) is 0. The van der Waals surface area contributed by atoms with E-state index in [1.54, 1.807) is 0 Å². The van der Waals surface area contributed by atoms with Crippen LogP contribution in [0, 0.1) is 17.0 Å². The van der Waals surface area contributed by atoms with Gasteiger partial charge >= 0.3 is 5.69 Å². The summed E-state index contributed by atoms with van der Waals surface area (Å²) >= 11 is 0. The van der Waals surface area contributed by atoms with Crippen LogP contribution in [0.4, 0.5) is 11.4 Å². The summed E-state index contributed by atoms with van der Waals surface area (Å²) in [5.41, 5.74) is 3.23. The molecule has 0 saturated heterocycles. The Kier molecular flexibility index (Phi) is 6.35. The standard InChI is InChI=1S/C20H22N6O2/c1-16-7-9-17(10-8-16)13-22-20(24-18-5-3-2-4-6-18)21-11-12-25-15-19(14-23-25)26(27)28/h2-10,14-15H,11-13H2,1H3,(H2,21,22,24). The first-order chi connectivity index (χ1) is 13.6. The van der Waals surface area contributed by atoms with Gasteiger partial charge in [0.15, 0.2) is 5.96 Å². The number of aliphatic imine (C=N–C) groups is 1. The van der Waals surface area contributed by atoms with Crippen LogP contribution in [-0.4, -0.2) is 27.2 Å². The summed E-state index contributed by atoms with van der Waals surface area (Å²) < 4.78 is 1.53. The smallest absolute Gasteiger partial charge is 0.306 e. The first kappa shape index (κ1) is 19.1. The van der Waals surface area contributed by atoms with Crippen LogP contribution in [0.5, 0.6) is 0 Å². The molecule has 0 spiro atoms. The number of aryl methyl sites for hydroxylation is 1. The van der Waals surface area contributed by atoms with Crippen molar-refractivity contribution in [2.24, 2.45) is 4.99 Å². The highest BCUT2D eigenvalue weighted by molar-refractivity contribution is 5.93. The van der Waals surface area contributed by atoms with E-state index in [1.165, 1.54) is 22.6 Å². The van der Waals surface area contributed by atoms with Gasteiger partial charge in [-0.3, -0.25) is 14.8 Å². The number of nitro groups is 1. The molecule has 28 heavy (non-hydrogen) atoms. The lowest BCUT2D eigenvalue weighted by atomic mass is 10.1. The fourth-order valence-corrected chi connectivity index (χ4v) is 2.52. The van der Waals surface area contributed by atoms with Gasteiger partial charge in [-0.2, -0.15) is 5.10 Å². The van der Waals surface area contributed by atoms with Crippen LogP contribution in [0.25, 0.3) is 0 Å². The van der Waals surface area contributed by atoms with E-state index in [4.69, 9.17) is 0 Å². The zero-order valence-electron chi connectivity index (χ0n) is 15.6. The molecule has 0 amide bonds. The van der Waals surface area contributed by atoms with Gasteiger partial charge in [-0.1, -0.05) is 48.0 Å². The molecule has 2 N–H and O–H groups in total. The molecule has 0 aliphatic rings. The third kappa shape index (κ3) is 5.66. The van der Waals surface area contributed by atoms with Crippen LogP contribution in [0.15, 0.2) is 72.0 Å². The molecule has 0 unspecified atom stereocenters. The van der Waals surface area contributed by atoms with E-state index in [9.17, 15) is 10.1 Å². The predicted molar refractivity (Wildman–Crippen MR) is 109 cm³/mol. The van der Waals surface area contributed by atoms with Crippen molar-refractivity contribution in [3.05, 3.63) is 88.2 Å². The monoisotopic (exact) mass is 378 g/mol. The molecule has 0 aliphatic heterocycles. The summed E-state index contributed by atoms with van der Waals surface area (Å²) in [6.45, 7) is 3.59. The molecule has 1 heterocycles. The third-order valence-electron chi connectivity index (χ3n) is 4.04. The molecule has 0 radical (unpaired) electrons. The highest BCUT2D eigenvalue weighted by atomic mass is 16.6. The number of guanidine groups is 1. The molecule has 3 aromatic rings. The van der Waals surface area contributed by atoms with Crippen molar-refractivity contribution in [2.45, 2.75) is 20.0 Å². The van der Waals surface area contributed by atoms with Gasteiger partial charge in [-0.15, -0.1) is 0 Å². The number of rotatable bonds is 7. The van der Waals surface area contributed by atoms with Gasteiger partial charge in [-0.25, -0.2) is 4.99 Å². The molecular weight excluding hydrogens is 356 g/mol. The summed E-state index contributed by atoms with van der Waals surface area (Å²) in [5.74, 6) is 0.633. The highest BCUT2D eigenvalue weighted by Crippen LogP contribution is 2.08. The van der Waals surface area contributed by atoms with E-state index in [0.29, 0.717) is 25.6 Å². The summed E-state index contributed by atoms with van der Waals surface area (Å²) in [6, 6.07) is 18.0. The Morgan fingerprint density at radius 2 is 1.93 bits per heavy atom. The summed E-state index contributed by atoms with van der Waals surface area (Å²) in [4.78, 5) is 14.9. The predicted octanol–water partition coefficient (Wildman–Crippen LogP) is 3.36. The Morgan fingerprint density at radius 1 is 1.18 bits per heavy atom. The zero-order valence-corrected chi connectivity index (χ0v) is 15.6. The molecule has 0 saturated carbocycles. The Bertz CT molecular complexity index is 935. The van der Waals surface area contributed by atoms with E-state index in [2.05, 4.69) is 51.9 Å². The fraction of sp³-hybridized carbons (Fsp3) is 0.200. The lowest BCUT2D eigenvalue weighted by molar-refractivity contribution is -0.385. The first-order valence-electron chi connectivity index (χ1n) is 8.93. The van der Waals surface area contributed by atoms with E-state index >= 15 is 0 Å². The third-order valence-corrected chi connectivity index (χ3v) is 4.04. The number of nitrogens with zero attached hydrogens (tertiary/aromatic N) is 4. The lowest BCUT2D eigenvalue weighted by Crippen LogP contribution is -2.33. The van der Waals surface area contributed by atoms with Gasteiger partial charge in [-0.05, 0) is 24.6 Å². The molecular formula is C20H22N6O2. The van der Waals surface area contributed by atoms with Crippen molar-refractivity contribution in [3.63, 3.8) is 0 Å². The largest absolute Gasteiger partial charge is 0.354 e. The molecule has 0 bridgehead atoms. The van der Waals surface area contributed by atoms with Crippen molar-refractivity contribution in [3.8, 4) is 0 Å². The van der Waals surface area contributed by atoms with Crippen molar-refractivity contribution in [1.82, 2.24) is 15.1 Å². The minimum atomic E-state index is -0.456. The maximum atomic E-state index is 10.7. The van der Waals surface area contributed by atoms with E-state index in [1.807, 2.05) is 30.3 Å². The molecule has 3 rings (SSSR count). The Balaban J connectivity index is 1.63. The molecule has 8 heteroatoms. The molecule has 0 atom stereocenters. The molecule has 8 nitrogen and oxygen atoms in total. The normalized spacial score (nSPS) is 11.2. The summed E-state index contributed by atoms with van der Waals surface area (Å²) in [6.07, 6.45) is 2.66. The minimum absolute atomic E-state index is 0.0179. The van der Waals surface area contributed by atoms with E-state index < -0.39 is 4.92 Å². The van der Waals surface area contributed by atoms with Gasteiger partial charge in [0, 0.05) is 12.2 Å². The molecule has 0 aliphatic carbocycles. The van der Waals surface area contributed by atoms with E-state index in [-0.39, 0.29) is 5.69 Å². The average molecular weight is 378 g/mol. The Labute approximate surface area is 163 Å². The van der Waals surface area contributed by atoms with Gasteiger partial charge in [0.25, 0.3) is 0 Å². The second kappa shape index (κ2) is 9.31. The second-order valence-electron chi connectivity index (χ2n) is 6.29. The zero-order chi connectivity index (χ0) is 19.8. The number of aromatic nitrogens is 2. The number of hydrogen-bond donors (Lipinski definition) is 2. The summed E-state index contributed by atoms with van der Waals surface area (Å²) in [5, 5.41) is 21.3. The van der Waals surface area contributed by atoms with Crippen LogP contribution < -0.4 is 10.6 Å². The number of para-hydroxylation sites is 1.